The summed E-state index contributed by atoms with van der Waals surface area (Å²) in [5, 5.41) is 25.4. The topological polar surface area (TPSA) is 99.5 Å². The fraction of sp³-hybridized carbons (Fsp3) is 0.476. The summed E-state index contributed by atoms with van der Waals surface area (Å²) in [4.78, 5) is 29.9. The fourth-order valence-corrected chi connectivity index (χ4v) is 5.52. The molecule has 29 heavy (non-hydrogen) atoms. The highest BCUT2D eigenvalue weighted by molar-refractivity contribution is 7.10. The number of carboxylic acid groups (broad SMARTS) is 1. The van der Waals surface area contributed by atoms with Crippen molar-refractivity contribution in [2.45, 2.75) is 44.6 Å². The van der Waals surface area contributed by atoms with Gasteiger partial charge in [0.15, 0.2) is 0 Å². The maximum atomic E-state index is 13.4. The number of hydrogen-bond donors (Lipinski definition) is 3. The average Bonchev–Trinajstić information content (AvgIpc) is 3.14. The minimum absolute atomic E-state index is 0.0260. The summed E-state index contributed by atoms with van der Waals surface area (Å²) < 4.78 is 0. The molecule has 3 rings (SSSR count). The number of aliphatic carboxylic acids is 1. The van der Waals surface area contributed by atoms with Crippen LogP contribution in [0, 0.1) is 11.8 Å². The summed E-state index contributed by atoms with van der Waals surface area (Å²) >= 11 is 7.59. The van der Waals surface area contributed by atoms with Crippen LogP contribution in [0.2, 0.25) is 5.02 Å². The van der Waals surface area contributed by atoms with E-state index in [2.05, 4.69) is 5.32 Å². The molecule has 0 radical (unpaired) electrons. The molecule has 6 nitrogen and oxygen atoms in total. The Kier molecular flexibility index (Phi) is 6.61. The Labute approximate surface area is 178 Å². The number of carboxylic acids is 1. The molecule has 0 unspecified atom stereocenters. The molecule has 1 saturated heterocycles. The van der Waals surface area contributed by atoms with Crippen LogP contribution in [0.4, 0.5) is 0 Å². The minimum atomic E-state index is -1.30. The lowest BCUT2D eigenvalue weighted by Gasteiger charge is -2.41. The Morgan fingerprint density at radius 2 is 2.10 bits per heavy atom. The Hall–Kier alpha value is -1.96. The number of nitrogens with zero attached hydrogens (tertiary/aromatic N) is 1. The Morgan fingerprint density at radius 1 is 1.38 bits per heavy atom. The lowest BCUT2D eigenvalue weighted by molar-refractivity contribution is -0.145. The molecule has 1 aliphatic heterocycles. The van der Waals surface area contributed by atoms with Crippen molar-refractivity contribution in [3.05, 3.63) is 39.7 Å². The van der Waals surface area contributed by atoms with E-state index in [0.29, 0.717) is 28.6 Å². The highest BCUT2D eigenvalue weighted by atomic mass is 35.5. The molecule has 1 aromatic carbocycles. The van der Waals surface area contributed by atoms with E-state index in [1.54, 1.807) is 6.07 Å². The number of benzene rings is 1. The van der Waals surface area contributed by atoms with Crippen LogP contribution >= 0.6 is 22.9 Å². The van der Waals surface area contributed by atoms with Gasteiger partial charge in [-0.15, -0.1) is 11.3 Å². The second-order valence-electron chi connectivity index (χ2n) is 7.85. The number of aliphatic hydroxyl groups excluding tert-OH is 1. The number of carbonyl (C=O) groups excluding carboxylic acids is 1. The van der Waals surface area contributed by atoms with Crippen LogP contribution in [0.15, 0.2) is 29.6 Å². The minimum Gasteiger partial charge on any atom is -0.481 e. The summed E-state index contributed by atoms with van der Waals surface area (Å²) in [6.07, 6.45) is 0.0408. The zero-order valence-corrected chi connectivity index (χ0v) is 18.0. The molecule has 1 aromatic heterocycles. The Balaban J connectivity index is 2.15. The van der Waals surface area contributed by atoms with E-state index in [1.807, 2.05) is 37.4 Å². The number of aromatic nitrogens is 1. The van der Waals surface area contributed by atoms with E-state index in [1.165, 1.54) is 11.3 Å². The van der Waals surface area contributed by atoms with Crippen LogP contribution in [0.5, 0.6) is 0 Å². The van der Waals surface area contributed by atoms with Gasteiger partial charge in [0.1, 0.15) is 10.4 Å². The number of amides is 1. The maximum Gasteiger partial charge on any atom is 0.304 e. The van der Waals surface area contributed by atoms with Gasteiger partial charge in [-0.3, -0.25) is 9.59 Å². The van der Waals surface area contributed by atoms with Crippen molar-refractivity contribution >= 4 is 34.8 Å². The van der Waals surface area contributed by atoms with Gasteiger partial charge in [-0.25, -0.2) is 4.98 Å². The van der Waals surface area contributed by atoms with Crippen LogP contribution < -0.4 is 5.32 Å². The highest BCUT2D eigenvalue weighted by Gasteiger charge is 2.52. The maximum absolute atomic E-state index is 13.4. The number of rotatable bonds is 5. The van der Waals surface area contributed by atoms with Gasteiger partial charge < -0.3 is 15.5 Å². The normalized spacial score (nSPS) is 25.3. The first-order valence-electron chi connectivity index (χ1n) is 9.64. The van der Waals surface area contributed by atoms with Gasteiger partial charge in [-0.1, -0.05) is 43.6 Å². The van der Waals surface area contributed by atoms with Crippen molar-refractivity contribution in [2.75, 3.05) is 6.54 Å². The molecule has 3 N–H and O–H groups in total. The van der Waals surface area contributed by atoms with Gasteiger partial charge in [0.2, 0.25) is 5.91 Å². The molecule has 1 amide bonds. The van der Waals surface area contributed by atoms with Gasteiger partial charge in [0.25, 0.3) is 0 Å². The average molecular weight is 437 g/mol. The van der Waals surface area contributed by atoms with Crippen molar-refractivity contribution < 1.29 is 19.8 Å². The van der Waals surface area contributed by atoms with E-state index in [-0.39, 0.29) is 24.8 Å². The number of nitrogens with one attached hydrogen (secondary N) is 1. The molecule has 3 atom stereocenters. The lowest BCUT2D eigenvalue weighted by atomic mass is 9.65. The van der Waals surface area contributed by atoms with Crippen molar-refractivity contribution in [3.63, 3.8) is 0 Å². The van der Waals surface area contributed by atoms with Crippen LogP contribution in [-0.2, 0) is 15.0 Å². The molecule has 0 spiro atoms. The monoisotopic (exact) mass is 436 g/mol. The molecular formula is C21H25ClN2O4S. The quantitative estimate of drug-likeness (QED) is 0.663. The number of carbonyl (C=O) groups is 2. The molecule has 1 aliphatic rings. The van der Waals surface area contributed by atoms with Crippen molar-refractivity contribution in [1.82, 2.24) is 10.3 Å². The fourth-order valence-electron chi connectivity index (χ4n) is 4.21. The van der Waals surface area contributed by atoms with Crippen LogP contribution in [0.25, 0.3) is 11.3 Å². The van der Waals surface area contributed by atoms with E-state index >= 15 is 0 Å². The Morgan fingerprint density at radius 3 is 2.76 bits per heavy atom. The summed E-state index contributed by atoms with van der Waals surface area (Å²) in [7, 11) is 0. The third-order valence-electron chi connectivity index (χ3n) is 5.62. The second-order valence-corrected chi connectivity index (χ2v) is 9.12. The molecular weight excluding hydrogens is 412 g/mol. The SMILES string of the molecule is CC(C)[C@H]1CC[C@@H](O)CNC(=O)[C@@]1(CC(=O)O)c1nc(-c2ccccc2Cl)cs1. The number of hydrogen-bond acceptors (Lipinski definition) is 5. The number of aliphatic hydroxyl groups is 1. The third kappa shape index (κ3) is 4.32. The van der Waals surface area contributed by atoms with Gasteiger partial charge in [0, 0.05) is 22.5 Å². The number of thiazole rings is 1. The largest absolute Gasteiger partial charge is 0.481 e. The first kappa shape index (κ1) is 21.7. The standard InChI is InChI=1S/C21H25ClN2O4S/c1-12(2)15-8-7-13(25)10-23-19(28)21(15,9-18(26)27)20-24-17(11-29-20)14-5-3-4-6-16(14)22/h3-6,11-13,15,25H,7-10H2,1-2H3,(H,23,28)(H,26,27)/t13-,15-,21+/m1/s1. The van der Waals surface area contributed by atoms with Crippen LogP contribution in [0.1, 0.15) is 38.1 Å². The lowest BCUT2D eigenvalue weighted by Crippen LogP contribution is -2.55. The van der Waals surface area contributed by atoms with Gasteiger partial charge in [-0.05, 0) is 30.7 Å². The van der Waals surface area contributed by atoms with Gasteiger partial charge in [0.05, 0.1) is 18.2 Å². The summed E-state index contributed by atoms with van der Waals surface area (Å²) in [6.45, 7) is 4.06. The van der Waals surface area contributed by atoms with Crippen molar-refractivity contribution in [1.29, 1.82) is 0 Å². The second kappa shape index (κ2) is 8.81. The summed E-state index contributed by atoms with van der Waals surface area (Å²) in [5.74, 6) is -1.70. The van der Waals surface area contributed by atoms with E-state index in [4.69, 9.17) is 16.6 Å². The smallest absolute Gasteiger partial charge is 0.304 e. The summed E-state index contributed by atoms with van der Waals surface area (Å²) in [5.41, 5.74) is 0.0623. The molecule has 1 fully saturated rings. The van der Waals surface area contributed by atoms with E-state index in [9.17, 15) is 19.8 Å². The molecule has 156 valence electrons. The first-order chi connectivity index (χ1) is 13.8. The molecule has 2 heterocycles. The molecule has 2 aromatic rings. The van der Waals surface area contributed by atoms with E-state index < -0.39 is 23.4 Å². The molecule has 0 bridgehead atoms. The molecule has 0 saturated carbocycles. The number of halogens is 1. The van der Waals surface area contributed by atoms with Gasteiger partial charge >= 0.3 is 5.97 Å². The van der Waals surface area contributed by atoms with E-state index in [0.717, 1.165) is 5.56 Å². The number of β-amino-alcohol motifs (C(OH)–C–C–N with tert-alkyl or cyclic N) is 1. The predicted octanol–water partition coefficient (Wildman–Crippen LogP) is 3.72. The predicted molar refractivity (Wildman–Crippen MR) is 113 cm³/mol. The molecule has 8 heteroatoms. The van der Waals surface area contributed by atoms with Crippen molar-refractivity contribution in [2.24, 2.45) is 11.8 Å². The van der Waals surface area contributed by atoms with Gasteiger partial charge in [-0.2, -0.15) is 0 Å². The third-order valence-corrected chi connectivity index (χ3v) is 6.97. The zero-order chi connectivity index (χ0) is 21.2. The Bertz CT molecular complexity index is 900. The first-order valence-corrected chi connectivity index (χ1v) is 10.9. The molecule has 0 aliphatic carbocycles. The van der Waals surface area contributed by atoms with Crippen LogP contribution in [-0.4, -0.2) is 39.7 Å². The van der Waals surface area contributed by atoms with Crippen LogP contribution in [0.3, 0.4) is 0 Å². The zero-order valence-electron chi connectivity index (χ0n) is 16.4. The van der Waals surface area contributed by atoms with Crippen molar-refractivity contribution in [3.8, 4) is 11.3 Å². The summed E-state index contributed by atoms with van der Waals surface area (Å²) in [6, 6.07) is 7.30. The highest BCUT2D eigenvalue weighted by Crippen LogP contribution is 2.46.